The van der Waals surface area contributed by atoms with Crippen molar-refractivity contribution < 1.29 is 0 Å². The predicted molar refractivity (Wildman–Crippen MR) is 62.8 cm³/mol. The highest BCUT2D eigenvalue weighted by molar-refractivity contribution is 5.71. The molecule has 1 aliphatic rings. The van der Waals surface area contributed by atoms with E-state index in [1.165, 1.54) is 30.2 Å². The molecule has 1 rings (SSSR count). The molecule has 1 aliphatic carbocycles. The highest BCUT2D eigenvalue weighted by Crippen LogP contribution is 2.50. The fourth-order valence-electron chi connectivity index (χ4n) is 2.09. The third-order valence-corrected chi connectivity index (χ3v) is 3.50. The predicted octanol–water partition coefficient (Wildman–Crippen LogP) is 3.96. The molecule has 1 nitrogen and oxygen atoms in total. The van der Waals surface area contributed by atoms with Crippen LogP contribution >= 0.6 is 0 Å². The first-order valence-electron chi connectivity index (χ1n) is 5.22. The topological polar surface area (TPSA) is 23.9 Å². The van der Waals surface area contributed by atoms with Crippen molar-refractivity contribution in [2.24, 2.45) is 10.8 Å². The van der Waals surface area contributed by atoms with Gasteiger partial charge in [-0.3, -0.25) is 0 Å². The second kappa shape index (κ2) is 3.38. The Morgan fingerprint density at radius 1 is 1.14 bits per heavy atom. The number of hydrogen-bond acceptors (Lipinski definition) is 1. The number of nitrogens with one attached hydrogen (secondary N) is 1. The van der Waals surface area contributed by atoms with Crippen molar-refractivity contribution in [1.82, 2.24) is 0 Å². The van der Waals surface area contributed by atoms with E-state index in [2.05, 4.69) is 34.3 Å². The molecule has 14 heavy (non-hydrogen) atoms. The van der Waals surface area contributed by atoms with Gasteiger partial charge in [0.25, 0.3) is 0 Å². The summed E-state index contributed by atoms with van der Waals surface area (Å²) in [5.41, 5.74) is 2.84. The van der Waals surface area contributed by atoms with Crippen molar-refractivity contribution in [2.45, 2.75) is 40.5 Å². The lowest BCUT2D eigenvalue weighted by molar-refractivity contribution is 0.261. The molecule has 1 N–H and O–H groups in total. The van der Waals surface area contributed by atoms with E-state index >= 15 is 0 Å². The summed E-state index contributed by atoms with van der Waals surface area (Å²) in [6.07, 6.45) is 5.65. The monoisotopic (exact) mass is 191 g/mol. The fraction of sp³-hybridized carbons (Fsp3) is 0.615. The minimum atomic E-state index is 0.185. The standard InChI is InChI=1S/C13H21N/c1-10-11(6-9-14)13(4,5)8-7-12(10,2)3/h6,9,14H,1,7-8H2,2-5H3/b11-6+,14-9?. The van der Waals surface area contributed by atoms with Gasteiger partial charge in [0.05, 0.1) is 0 Å². The van der Waals surface area contributed by atoms with Crippen LogP contribution in [0.5, 0.6) is 0 Å². The Hall–Kier alpha value is -0.850. The molecular weight excluding hydrogens is 170 g/mol. The van der Waals surface area contributed by atoms with Crippen LogP contribution in [0.1, 0.15) is 40.5 Å². The molecule has 78 valence electrons. The van der Waals surface area contributed by atoms with Crippen LogP contribution in [-0.2, 0) is 0 Å². The Kier molecular flexibility index (Phi) is 2.71. The van der Waals surface area contributed by atoms with Crippen molar-refractivity contribution in [2.75, 3.05) is 0 Å². The van der Waals surface area contributed by atoms with Crippen molar-refractivity contribution in [3.63, 3.8) is 0 Å². The maximum atomic E-state index is 7.19. The molecule has 1 heteroatoms. The van der Waals surface area contributed by atoms with Gasteiger partial charge >= 0.3 is 0 Å². The molecule has 0 bridgehead atoms. The van der Waals surface area contributed by atoms with E-state index in [1.54, 1.807) is 0 Å². The van der Waals surface area contributed by atoms with Gasteiger partial charge in [-0.2, -0.15) is 0 Å². The SMILES string of the molecule is C=C1/C(=C\C=N)C(C)(C)CCC1(C)C. The van der Waals surface area contributed by atoms with Crippen molar-refractivity contribution in [3.05, 3.63) is 23.8 Å². The van der Waals surface area contributed by atoms with E-state index in [0.29, 0.717) is 0 Å². The molecule has 0 aromatic rings. The summed E-state index contributed by atoms with van der Waals surface area (Å²) < 4.78 is 0. The van der Waals surface area contributed by atoms with Crippen LogP contribution < -0.4 is 0 Å². The van der Waals surface area contributed by atoms with E-state index < -0.39 is 0 Å². The molecule has 0 aromatic heterocycles. The Bertz CT molecular complexity index is 292. The molecule has 0 amide bonds. The summed E-state index contributed by atoms with van der Waals surface area (Å²) in [7, 11) is 0. The highest BCUT2D eigenvalue weighted by Gasteiger charge is 2.38. The summed E-state index contributed by atoms with van der Waals surface area (Å²) in [6, 6.07) is 0. The van der Waals surface area contributed by atoms with Crippen molar-refractivity contribution >= 4 is 6.21 Å². The molecule has 0 radical (unpaired) electrons. The molecule has 0 spiro atoms. The van der Waals surface area contributed by atoms with Crippen LogP contribution in [0.4, 0.5) is 0 Å². The second-order valence-corrected chi connectivity index (χ2v) is 5.49. The lowest BCUT2D eigenvalue weighted by atomic mass is 9.61. The largest absolute Gasteiger partial charge is 0.309 e. The quantitative estimate of drug-likeness (QED) is 0.606. The molecule has 0 saturated heterocycles. The fourth-order valence-corrected chi connectivity index (χ4v) is 2.09. The molecule has 1 saturated carbocycles. The van der Waals surface area contributed by atoms with E-state index in [9.17, 15) is 0 Å². The lowest BCUT2D eigenvalue weighted by Crippen LogP contribution is -2.31. The Morgan fingerprint density at radius 3 is 2.14 bits per heavy atom. The van der Waals surface area contributed by atoms with Gasteiger partial charge in [0.2, 0.25) is 0 Å². The summed E-state index contributed by atoms with van der Waals surface area (Å²) in [5.74, 6) is 0. The average molecular weight is 191 g/mol. The van der Waals surface area contributed by atoms with Crippen LogP contribution in [0.3, 0.4) is 0 Å². The van der Waals surface area contributed by atoms with E-state index in [4.69, 9.17) is 5.41 Å². The van der Waals surface area contributed by atoms with Crippen molar-refractivity contribution in [1.29, 1.82) is 5.41 Å². The number of hydrogen-bond donors (Lipinski definition) is 1. The molecule has 0 unspecified atom stereocenters. The maximum absolute atomic E-state index is 7.19. The zero-order valence-electron chi connectivity index (χ0n) is 9.78. The van der Waals surface area contributed by atoms with Crippen LogP contribution in [0.2, 0.25) is 0 Å². The average Bonchev–Trinajstić information content (AvgIpc) is 2.08. The first kappa shape index (κ1) is 11.2. The van der Waals surface area contributed by atoms with Gasteiger partial charge in [0, 0.05) is 6.21 Å². The molecule has 0 atom stereocenters. The molecule has 0 aliphatic heterocycles. The van der Waals surface area contributed by atoms with Crippen LogP contribution in [0.25, 0.3) is 0 Å². The first-order valence-corrected chi connectivity index (χ1v) is 5.22. The number of rotatable bonds is 1. The Balaban J connectivity index is 3.13. The summed E-state index contributed by atoms with van der Waals surface area (Å²) in [4.78, 5) is 0. The molecular formula is C13H21N. The molecule has 0 aromatic carbocycles. The van der Waals surface area contributed by atoms with E-state index in [0.717, 1.165) is 0 Å². The highest BCUT2D eigenvalue weighted by atomic mass is 14.4. The normalized spacial score (nSPS) is 27.7. The Labute approximate surface area is 87.4 Å². The molecule has 0 heterocycles. The van der Waals surface area contributed by atoms with Gasteiger partial charge in [0.15, 0.2) is 0 Å². The van der Waals surface area contributed by atoms with Crippen LogP contribution in [-0.4, -0.2) is 6.21 Å². The zero-order chi connectivity index (χ0) is 11.0. The smallest absolute Gasteiger partial charge is 0.0180 e. The maximum Gasteiger partial charge on any atom is 0.0180 e. The van der Waals surface area contributed by atoms with E-state index in [-0.39, 0.29) is 10.8 Å². The van der Waals surface area contributed by atoms with Crippen LogP contribution in [0.15, 0.2) is 23.8 Å². The first-order chi connectivity index (χ1) is 6.31. The zero-order valence-corrected chi connectivity index (χ0v) is 9.78. The van der Waals surface area contributed by atoms with Gasteiger partial charge < -0.3 is 5.41 Å². The summed E-state index contributed by atoms with van der Waals surface area (Å²) >= 11 is 0. The third kappa shape index (κ3) is 1.82. The van der Waals surface area contributed by atoms with Crippen molar-refractivity contribution in [3.8, 4) is 0 Å². The minimum Gasteiger partial charge on any atom is -0.309 e. The molecule has 1 fully saturated rings. The Morgan fingerprint density at radius 2 is 1.64 bits per heavy atom. The second-order valence-electron chi connectivity index (χ2n) is 5.49. The minimum absolute atomic E-state index is 0.185. The van der Waals surface area contributed by atoms with Gasteiger partial charge in [-0.25, -0.2) is 0 Å². The summed E-state index contributed by atoms with van der Waals surface area (Å²) in [5, 5.41) is 7.19. The van der Waals surface area contributed by atoms with Gasteiger partial charge in [0.1, 0.15) is 0 Å². The number of allylic oxidation sites excluding steroid dienone is 3. The van der Waals surface area contributed by atoms with Gasteiger partial charge in [-0.1, -0.05) is 34.3 Å². The third-order valence-electron chi connectivity index (χ3n) is 3.50. The van der Waals surface area contributed by atoms with Gasteiger partial charge in [-0.05, 0) is 40.9 Å². The van der Waals surface area contributed by atoms with Crippen LogP contribution in [0, 0.1) is 16.2 Å². The summed E-state index contributed by atoms with van der Waals surface area (Å²) in [6.45, 7) is 13.1. The van der Waals surface area contributed by atoms with E-state index in [1.807, 2.05) is 6.08 Å². The van der Waals surface area contributed by atoms with Gasteiger partial charge in [-0.15, -0.1) is 0 Å². The lowest BCUT2D eigenvalue weighted by Gasteiger charge is -2.43.